The van der Waals surface area contributed by atoms with Gasteiger partial charge in [-0.1, -0.05) is 83.9 Å². The highest BCUT2D eigenvalue weighted by atomic mass is 35.5. The van der Waals surface area contributed by atoms with E-state index >= 15 is 0 Å². The third-order valence-corrected chi connectivity index (χ3v) is 9.35. The first-order chi connectivity index (χ1) is 23.3. The maximum absolute atomic E-state index is 14.3. The van der Waals surface area contributed by atoms with Gasteiger partial charge in [-0.2, -0.15) is 10.3 Å². The number of fused-ring (bicyclic) bond motifs is 2. The van der Waals surface area contributed by atoms with Crippen molar-refractivity contribution in [3.63, 3.8) is 0 Å². The average Bonchev–Trinajstić information content (AvgIpc) is 3.41. The van der Waals surface area contributed by atoms with Crippen molar-refractivity contribution < 1.29 is 19.2 Å². The minimum absolute atomic E-state index is 0.108. The summed E-state index contributed by atoms with van der Waals surface area (Å²) in [6.45, 7) is -0.00280. The second-order valence-corrected chi connectivity index (χ2v) is 12.4. The number of carbonyl (C=O) groups is 4. The number of urea groups is 1. The molecule has 2 fully saturated rings. The van der Waals surface area contributed by atoms with E-state index in [2.05, 4.69) is 10.6 Å². The summed E-state index contributed by atoms with van der Waals surface area (Å²) in [6.07, 6.45) is 0.0837. The zero-order valence-corrected chi connectivity index (χ0v) is 27.2. The molecule has 13 heteroatoms. The van der Waals surface area contributed by atoms with Gasteiger partial charge in [0, 0.05) is 25.2 Å². The van der Waals surface area contributed by atoms with Crippen LogP contribution in [0.15, 0.2) is 84.9 Å². The normalized spacial score (nSPS) is 17.6. The van der Waals surface area contributed by atoms with Gasteiger partial charge in [0.2, 0.25) is 18.2 Å². The molecule has 2 heterocycles. The Morgan fingerprint density at radius 1 is 0.979 bits per heavy atom. The van der Waals surface area contributed by atoms with Crippen LogP contribution in [-0.4, -0.2) is 75.9 Å². The van der Waals surface area contributed by atoms with Gasteiger partial charge >= 0.3 is 6.03 Å². The van der Waals surface area contributed by atoms with Crippen molar-refractivity contribution in [2.45, 2.75) is 31.7 Å². The topological polar surface area (TPSA) is 129 Å². The number of halogens is 2. The first-order valence-electron chi connectivity index (χ1n) is 15.3. The number of benzene rings is 4. The fourth-order valence-corrected chi connectivity index (χ4v) is 6.64. The van der Waals surface area contributed by atoms with Crippen molar-refractivity contribution in [1.29, 1.82) is 5.26 Å². The molecule has 0 aromatic heterocycles. The van der Waals surface area contributed by atoms with Gasteiger partial charge in [-0.05, 0) is 51.7 Å². The van der Waals surface area contributed by atoms with Crippen molar-refractivity contribution in [3.05, 3.63) is 112 Å². The summed E-state index contributed by atoms with van der Waals surface area (Å²) in [5.74, 6) is -0.553. The van der Waals surface area contributed by atoms with Crippen molar-refractivity contribution in [1.82, 2.24) is 25.1 Å². The van der Waals surface area contributed by atoms with Crippen molar-refractivity contribution >= 4 is 63.9 Å². The number of amides is 5. The van der Waals surface area contributed by atoms with Gasteiger partial charge in [-0.15, -0.1) is 0 Å². The Kier molecular flexibility index (Phi) is 9.77. The number of hydrogen-bond donors (Lipinski definition) is 2. The zero-order valence-electron chi connectivity index (χ0n) is 25.7. The highest BCUT2D eigenvalue weighted by Crippen LogP contribution is 2.31. The molecule has 11 nitrogen and oxygen atoms in total. The van der Waals surface area contributed by atoms with Crippen LogP contribution in [0.2, 0.25) is 10.0 Å². The fraction of sp³-hybridized carbons (Fsp3) is 0.229. The Balaban J connectivity index is 1.31. The summed E-state index contributed by atoms with van der Waals surface area (Å²) in [5.41, 5.74) is 3.03. The van der Waals surface area contributed by atoms with Crippen LogP contribution in [0, 0.1) is 11.3 Å². The Morgan fingerprint density at radius 3 is 2.48 bits per heavy atom. The van der Waals surface area contributed by atoms with Crippen molar-refractivity contribution in [3.8, 4) is 6.07 Å². The molecule has 2 N–H and O–H groups in total. The number of hydrazine groups is 1. The molecule has 6 rings (SSSR count). The molecule has 2 atom stereocenters. The summed E-state index contributed by atoms with van der Waals surface area (Å²) in [7, 11) is 0. The molecule has 244 valence electrons. The van der Waals surface area contributed by atoms with Gasteiger partial charge in [-0.25, -0.2) is 9.80 Å². The molecule has 2 aliphatic rings. The van der Waals surface area contributed by atoms with Crippen molar-refractivity contribution in [2.24, 2.45) is 0 Å². The average molecular weight is 685 g/mol. The minimum Gasteiger partial charge on any atom is -0.333 e. The lowest BCUT2D eigenvalue weighted by molar-refractivity contribution is -0.157. The van der Waals surface area contributed by atoms with Gasteiger partial charge in [0.05, 0.1) is 29.2 Å². The van der Waals surface area contributed by atoms with Gasteiger partial charge in [-0.3, -0.25) is 14.4 Å². The van der Waals surface area contributed by atoms with E-state index in [-0.39, 0.29) is 51.0 Å². The molecule has 2 aliphatic heterocycles. The highest BCUT2D eigenvalue weighted by molar-refractivity contribution is 6.42. The van der Waals surface area contributed by atoms with Crippen LogP contribution in [0.3, 0.4) is 0 Å². The lowest BCUT2D eigenvalue weighted by Gasteiger charge is -2.46. The van der Waals surface area contributed by atoms with Crippen LogP contribution in [-0.2, 0) is 33.9 Å². The molecular weight excluding hydrogens is 653 g/mol. The number of anilines is 1. The number of piperazine rings is 1. The molecule has 48 heavy (non-hydrogen) atoms. The molecule has 5 amide bonds. The maximum Gasteiger partial charge on any atom is 0.333 e. The first-order valence-corrected chi connectivity index (χ1v) is 16.0. The van der Waals surface area contributed by atoms with Gasteiger partial charge in [0.1, 0.15) is 18.8 Å². The summed E-state index contributed by atoms with van der Waals surface area (Å²) in [5, 5.41) is 20.7. The lowest BCUT2D eigenvalue weighted by Crippen LogP contribution is -2.66. The third kappa shape index (κ3) is 6.78. The monoisotopic (exact) mass is 683 g/mol. The van der Waals surface area contributed by atoms with Crippen molar-refractivity contribution in [2.75, 3.05) is 25.0 Å². The molecular formula is C35H31Cl2N7O4. The van der Waals surface area contributed by atoms with Crippen LogP contribution < -0.4 is 10.6 Å². The highest BCUT2D eigenvalue weighted by Gasteiger charge is 2.52. The molecule has 0 spiro atoms. The molecule has 0 saturated carbocycles. The smallest absolute Gasteiger partial charge is 0.333 e. The summed E-state index contributed by atoms with van der Waals surface area (Å²) < 4.78 is 0. The van der Waals surface area contributed by atoms with Crippen LogP contribution in [0.1, 0.15) is 16.7 Å². The fourth-order valence-electron chi connectivity index (χ4n) is 6.32. The van der Waals surface area contributed by atoms with E-state index in [1.165, 1.54) is 9.91 Å². The Hall–Kier alpha value is -5.15. The Bertz CT molecular complexity index is 1910. The van der Waals surface area contributed by atoms with Crippen LogP contribution >= 0.6 is 23.2 Å². The van der Waals surface area contributed by atoms with E-state index in [0.29, 0.717) is 27.7 Å². The molecule has 2 saturated heterocycles. The van der Waals surface area contributed by atoms with Gasteiger partial charge in [0.25, 0.3) is 0 Å². The number of carbonyl (C=O) groups excluding carboxylic acids is 4. The summed E-state index contributed by atoms with van der Waals surface area (Å²) in [6, 6.07) is 26.5. The van der Waals surface area contributed by atoms with E-state index in [4.69, 9.17) is 23.2 Å². The predicted octanol–water partition coefficient (Wildman–Crippen LogP) is 4.79. The maximum atomic E-state index is 14.3. The number of nitriles is 1. The summed E-state index contributed by atoms with van der Waals surface area (Å²) >= 11 is 12.2. The largest absolute Gasteiger partial charge is 0.333 e. The first kappa shape index (κ1) is 32.8. The lowest BCUT2D eigenvalue weighted by atomic mass is 9.98. The molecule has 0 bridgehead atoms. The molecule has 4 aromatic rings. The minimum atomic E-state index is -0.871. The van der Waals surface area contributed by atoms with Gasteiger partial charge in [0.15, 0.2) is 0 Å². The van der Waals surface area contributed by atoms with E-state index in [9.17, 15) is 24.4 Å². The second kappa shape index (κ2) is 14.3. The van der Waals surface area contributed by atoms with Crippen LogP contribution in [0.5, 0.6) is 0 Å². The van der Waals surface area contributed by atoms with E-state index in [0.717, 1.165) is 21.9 Å². The number of hydrogen-bond acceptors (Lipinski definition) is 6. The quantitative estimate of drug-likeness (QED) is 0.183. The Morgan fingerprint density at radius 2 is 1.73 bits per heavy atom. The zero-order chi connectivity index (χ0) is 33.8. The van der Waals surface area contributed by atoms with Gasteiger partial charge < -0.3 is 20.4 Å². The second-order valence-electron chi connectivity index (χ2n) is 11.5. The third-order valence-electron chi connectivity index (χ3n) is 8.61. The standard InChI is InChI=1S/C35H31Cl2N7O4/c36-29-13-10-24(16-30(29)37)18-39-35(48)42(15-14-38)43-21-33(46)44-31(17-23-8-11-27(12-9-23)40-22-45)34(47)41(20-32(43)44)19-26-6-3-5-25-4-1-2-7-28(25)26/h1-13,16,22,31-32H,15,17-21H2,(H,39,48)(H,40,45)/t31-,32+/m0/s1. The molecule has 0 radical (unpaired) electrons. The molecule has 4 aromatic carbocycles. The van der Waals surface area contributed by atoms with Crippen LogP contribution in [0.4, 0.5) is 10.5 Å². The van der Waals surface area contributed by atoms with E-state index < -0.39 is 18.2 Å². The number of rotatable bonds is 10. The SMILES string of the molecule is N#CCN(C(=O)NCc1ccc(Cl)c(Cl)c1)N1CC(=O)N2[C@@H](Cc3ccc(NC=O)cc3)C(=O)N(Cc3cccc4ccccc34)C[C@@H]21. The summed E-state index contributed by atoms with van der Waals surface area (Å²) in [4.78, 5) is 55.7. The van der Waals surface area contributed by atoms with Crippen LogP contribution in [0.25, 0.3) is 10.8 Å². The van der Waals surface area contributed by atoms with E-state index in [1.54, 1.807) is 52.4 Å². The number of nitrogens with one attached hydrogen (secondary N) is 2. The Labute approximate surface area is 287 Å². The molecule has 0 aliphatic carbocycles. The number of nitrogens with zero attached hydrogens (tertiary/aromatic N) is 5. The predicted molar refractivity (Wildman–Crippen MR) is 181 cm³/mol. The van der Waals surface area contributed by atoms with E-state index in [1.807, 2.05) is 48.5 Å². The molecule has 0 unspecified atom stereocenters.